The van der Waals surface area contributed by atoms with Crippen molar-refractivity contribution in [1.29, 1.82) is 0 Å². The summed E-state index contributed by atoms with van der Waals surface area (Å²) in [6, 6.07) is 3.34. The number of benzene rings is 1. The first-order chi connectivity index (χ1) is 10.7. The summed E-state index contributed by atoms with van der Waals surface area (Å²) in [6.07, 6.45) is 0.231. The van der Waals surface area contributed by atoms with Crippen molar-refractivity contribution in [3.8, 4) is 0 Å². The van der Waals surface area contributed by atoms with E-state index in [1.54, 1.807) is 11.9 Å². The highest BCUT2D eigenvalue weighted by Gasteiger charge is 2.22. The van der Waals surface area contributed by atoms with Gasteiger partial charge in [-0.3, -0.25) is 4.79 Å². The molecule has 0 bridgehead atoms. The number of sulfonamides is 1. The minimum absolute atomic E-state index is 0.0328. The van der Waals surface area contributed by atoms with E-state index >= 15 is 0 Å². The topological polar surface area (TPSA) is 113 Å². The fourth-order valence-electron chi connectivity index (χ4n) is 2.10. The molecule has 1 heterocycles. The van der Waals surface area contributed by atoms with Gasteiger partial charge in [-0.25, -0.2) is 18.4 Å². The zero-order valence-electron chi connectivity index (χ0n) is 12.5. The third kappa shape index (κ3) is 4.34. The molecule has 0 aromatic heterocycles. The minimum atomic E-state index is -3.90. The van der Waals surface area contributed by atoms with Gasteiger partial charge in [-0.05, 0) is 18.2 Å². The second-order valence-corrected chi connectivity index (χ2v) is 7.14. The van der Waals surface area contributed by atoms with Crippen molar-refractivity contribution >= 4 is 39.2 Å². The minimum Gasteiger partial charge on any atom is -0.344 e. The highest BCUT2D eigenvalue weighted by atomic mass is 35.5. The van der Waals surface area contributed by atoms with E-state index in [2.05, 4.69) is 5.32 Å². The normalized spacial score (nSPS) is 16.2. The van der Waals surface area contributed by atoms with Crippen LogP contribution < -0.4 is 10.5 Å². The molecule has 1 fully saturated rings. The molecule has 23 heavy (non-hydrogen) atoms. The lowest BCUT2D eigenvalue weighted by molar-refractivity contribution is -0.129. The van der Waals surface area contributed by atoms with E-state index in [1.165, 1.54) is 23.1 Å². The van der Waals surface area contributed by atoms with Gasteiger partial charge in [-0.2, -0.15) is 0 Å². The summed E-state index contributed by atoms with van der Waals surface area (Å²) in [7, 11) is -2.22. The van der Waals surface area contributed by atoms with E-state index < -0.39 is 16.1 Å². The molecule has 0 atom stereocenters. The second-order valence-electron chi connectivity index (χ2n) is 5.17. The lowest BCUT2D eigenvalue weighted by atomic mass is 10.3. The van der Waals surface area contributed by atoms with Crippen molar-refractivity contribution in [3.63, 3.8) is 0 Å². The van der Waals surface area contributed by atoms with Gasteiger partial charge in [0.1, 0.15) is 0 Å². The zero-order valence-corrected chi connectivity index (χ0v) is 14.0. The Balaban J connectivity index is 2.15. The molecule has 0 radical (unpaired) electrons. The number of likely N-dealkylation sites (N-methyl/N-ethyl adjacent to an activating group) is 1. The molecule has 1 saturated heterocycles. The largest absolute Gasteiger partial charge is 0.344 e. The molecule has 1 aliphatic rings. The van der Waals surface area contributed by atoms with Gasteiger partial charge < -0.3 is 15.1 Å². The maximum absolute atomic E-state index is 12.3. The van der Waals surface area contributed by atoms with Crippen LogP contribution in [0.3, 0.4) is 0 Å². The van der Waals surface area contributed by atoms with Crippen LogP contribution in [-0.2, 0) is 14.8 Å². The monoisotopic (exact) mass is 360 g/mol. The summed E-state index contributed by atoms with van der Waals surface area (Å²) in [5, 5.41) is 7.81. The number of nitrogens with one attached hydrogen (secondary N) is 1. The first-order valence-electron chi connectivity index (χ1n) is 6.81. The molecule has 8 nitrogen and oxygen atoms in total. The first-order valence-corrected chi connectivity index (χ1v) is 8.73. The summed E-state index contributed by atoms with van der Waals surface area (Å²) >= 11 is 5.98. The lowest BCUT2D eigenvalue weighted by Gasteiger charge is -2.21. The van der Waals surface area contributed by atoms with Crippen molar-refractivity contribution in [2.45, 2.75) is 11.3 Å². The average molecular weight is 361 g/mol. The summed E-state index contributed by atoms with van der Waals surface area (Å²) in [5.41, 5.74) is 0.145. The van der Waals surface area contributed by atoms with E-state index in [0.29, 0.717) is 13.1 Å². The standard InChI is InChI=1S/C13H17ClN4O4S/c1-17-6-7-18(5-4-12(17)19)13(20)16-11-8-9(23(15,21)22)2-3-10(11)14/h2-3,8H,4-7H2,1H3,(H,16,20)(H2,15,21,22). The number of primary sulfonamides is 1. The van der Waals surface area contributed by atoms with Crippen molar-refractivity contribution in [2.75, 3.05) is 32.0 Å². The van der Waals surface area contributed by atoms with Gasteiger partial charge in [-0.1, -0.05) is 11.6 Å². The number of carbonyl (C=O) groups is 2. The highest BCUT2D eigenvalue weighted by molar-refractivity contribution is 7.89. The third-order valence-electron chi connectivity index (χ3n) is 3.52. The van der Waals surface area contributed by atoms with Crippen LogP contribution in [0.25, 0.3) is 0 Å². The molecule has 3 amide bonds. The number of rotatable bonds is 2. The number of hydrogen-bond donors (Lipinski definition) is 2. The van der Waals surface area contributed by atoms with Crippen LogP contribution in [-0.4, -0.2) is 56.8 Å². The number of nitrogens with zero attached hydrogens (tertiary/aromatic N) is 2. The van der Waals surface area contributed by atoms with Gasteiger partial charge in [-0.15, -0.1) is 0 Å². The van der Waals surface area contributed by atoms with Crippen molar-refractivity contribution in [2.24, 2.45) is 5.14 Å². The molecule has 1 aliphatic heterocycles. The molecule has 0 saturated carbocycles. The molecule has 3 N–H and O–H groups in total. The lowest BCUT2D eigenvalue weighted by Crippen LogP contribution is -2.37. The van der Waals surface area contributed by atoms with E-state index in [9.17, 15) is 18.0 Å². The van der Waals surface area contributed by atoms with E-state index in [0.717, 1.165) is 0 Å². The number of halogens is 1. The summed E-state index contributed by atoms with van der Waals surface area (Å²) in [5.74, 6) is -0.0328. The Morgan fingerprint density at radius 1 is 1.30 bits per heavy atom. The Morgan fingerprint density at radius 2 is 2.00 bits per heavy atom. The Bertz CT molecular complexity index is 737. The number of amides is 3. The first kappa shape index (κ1) is 17.5. The van der Waals surface area contributed by atoms with Crippen LogP contribution in [0.1, 0.15) is 6.42 Å². The van der Waals surface area contributed by atoms with Crippen LogP contribution in [0.4, 0.5) is 10.5 Å². The predicted molar refractivity (Wildman–Crippen MR) is 85.7 cm³/mol. The Kier molecular flexibility index (Phi) is 5.12. The molecule has 126 valence electrons. The number of nitrogens with two attached hydrogens (primary N) is 1. The zero-order chi connectivity index (χ0) is 17.2. The fourth-order valence-corrected chi connectivity index (χ4v) is 2.81. The Labute approximate surface area is 139 Å². The number of carbonyl (C=O) groups excluding carboxylic acids is 2. The molecule has 10 heteroatoms. The van der Waals surface area contributed by atoms with Gasteiger partial charge in [0, 0.05) is 33.1 Å². The maximum atomic E-state index is 12.3. The van der Waals surface area contributed by atoms with Gasteiger partial charge in [0.05, 0.1) is 15.6 Å². The molecular weight excluding hydrogens is 344 g/mol. The van der Waals surface area contributed by atoms with E-state index in [4.69, 9.17) is 16.7 Å². The van der Waals surface area contributed by atoms with Crippen molar-refractivity contribution in [1.82, 2.24) is 9.80 Å². The van der Waals surface area contributed by atoms with Crippen molar-refractivity contribution < 1.29 is 18.0 Å². The third-order valence-corrected chi connectivity index (χ3v) is 4.76. The number of urea groups is 1. The van der Waals surface area contributed by atoms with Crippen LogP contribution in [0.5, 0.6) is 0 Å². The average Bonchev–Trinajstić information content (AvgIpc) is 2.63. The summed E-state index contributed by atoms with van der Waals surface area (Å²) < 4.78 is 22.7. The summed E-state index contributed by atoms with van der Waals surface area (Å²) in [4.78, 5) is 26.8. The Hall–Kier alpha value is -1.84. The van der Waals surface area contributed by atoms with Gasteiger partial charge in [0.25, 0.3) is 0 Å². The SMILES string of the molecule is CN1CCN(C(=O)Nc2cc(S(N)(=O)=O)ccc2Cl)CCC1=O. The van der Waals surface area contributed by atoms with Crippen LogP contribution in [0, 0.1) is 0 Å². The van der Waals surface area contributed by atoms with Gasteiger partial charge >= 0.3 is 6.03 Å². The van der Waals surface area contributed by atoms with Crippen LogP contribution in [0.15, 0.2) is 23.1 Å². The second kappa shape index (κ2) is 6.73. The van der Waals surface area contributed by atoms with Crippen LogP contribution in [0.2, 0.25) is 5.02 Å². The number of hydrogen-bond acceptors (Lipinski definition) is 4. The fraction of sp³-hybridized carbons (Fsp3) is 0.385. The maximum Gasteiger partial charge on any atom is 0.321 e. The molecule has 0 aliphatic carbocycles. The van der Waals surface area contributed by atoms with Gasteiger partial charge in [0.15, 0.2) is 0 Å². The van der Waals surface area contributed by atoms with Gasteiger partial charge in [0.2, 0.25) is 15.9 Å². The Morgan fingerprint density at radius 3 is 2.65 bits per heavy atom. The number of anilines is 1. The molecule has 0 spiro atoms. The smallest absolute Gasteiger partial charge is 0.321 e. The molecular formula is C13H17ClN4O4S. The van der Waals surface area contributed by atoms with E-state index in [-0.39, 0.29) is 34.5 Å². The van der Waals surface area contributed by atoms with Crippen molar-refractivity contribution in [3.05, 3.63) is 23.2 Å². The van der Waals surface area contributed by atoms with E-state index in [1.807, 2.05) is 0 Å². The molecule has 0 unspecified atom stereocenters. The molecule has 1 aromatic rings. The summed E-state index contributed by atoms with van der Waals surface area (Å²) in [6.45, 7) is 1.08. The quantitative estimate of drug-likeness (QED) is 0.807. The highest BCUT2D eigenvalue weighted by Crippen LogP contribution is 2.25. The van der Waals surface area contributed by atoms with Crippen LogP contribution >= 0.6 is 11.6 Å². The predicted octanol–water partition coefficient (Wildman–Crippen LogP) is 0.683. The molecule has 1 aromatic carbocycles. The molecule has 2 rings (SSSR count).